The smallest absolute Gasteiger partial charge is 0.0181 e. The first-order valence-electron chi connectivity index (χ1n) is 3.15. The van der Waals surface area contributed by atoms with Crippen molar-refractivity contribution in [1.29, 1.82) is 0 Å². The molecule has 2 heteroatoms. The minimum absolute atomic E-state index is 0.762. The van der Waals surface area contributed by atoms with Gasteiger partial charge in [-0.3, -0.25) is 0 Å². The van der Waals surface area contributed by atoms with Gasteiger partial charge >= 0.3 is 0 Å². The molecule has 1 rings (SSSR count). The normalized spacial score (nSPS) is 31.5. The Balaban J connectivity index is 2.30. The molecule has 0 spiro atoms. The molecule has 1 atom stereocenters. The van der Waals surface area contributed by atoms with Crippen molar-refractivity contribution < 1.29 is 0 Å². The molecule has 0 aromatic rings. The summed E-state index contributed by atoms with van der Waals surface area (Å²) in [4.78, 5) is 2.38. The first-order chi connectivity index (χ1) is 3.84. The van der Waals surface area contributed by atoms with Crippen LogP contribution in [0.15, 0.2) is 0 Å². The highest BCUT2D eigenvalue weighted by atomic mass is 32.1. The van der Waals surface area contributed by atoms with Crippen LogP contribution in [0.1, 0.15) is 12.8 Å². The van der Waals surface area contributed by atoms with E-state index < -0.39 is 0 Å². The molecule has 1 aliphatic heterocycles. The highest BCUT2D eigenvalue weighted by molar-refractivity contribution is 7.80. The Morgan fingerprint density at radius 2 is 2.50 bits per heavy atom. The highest BCUT2D eigenvalue weighted by Gasteiger charge is 2.18. The molecule has 0 N–H and O–H groups in total. The van der Waals surface area contributed by atoms with Crippen molar-refractivity contribution in [3.8, 4) is 0 Å². The van der Waals surface area contributed by atoms with Crippen molar-refractivity contribution in [2.45, 2.75) is 18.9 Å². The predicted molar refractivity (Wildman–Crippen MR) is 39.5 cm³/mol. The summed E-state index contributed by atoms with van der Waals surface area (Å²) in [6.07, 6.45) is 2.71. The van der Waals surface area contributed by atoms with E-state index in [0.717, 1.165) is 11.8 Å². The SMILES string of the molecule is CN1CCC[C@@H]1CS. The topological polar surface area (TPSA) is 3.24 Å². The maximum absolute atomic E-state index is 4.23. The second-order valence-electron chi connectivity index (χ2n) is 2.46. The molecule has 0 amide bonds. The fourth-order valence-electron chi connectivity index (χ4n) is 1.21. The number of thiol groups is 1. The number of hydrogen-bond acceptors (Lipinski definition) is 2. The van der Waals surface area contributed by atoms with E-state index in [9.17, 15) is 0 Å². The second kappa shape index (κ2) is 2.74. The van der Waals surface area contributed by atoms with Crippen LogP contribution in [-0.2, 0) is 0 Å². The van der Waals surface area contributed by atoms with Crippen molar-refractivity contribution >= 4 is 12.6 Å². The van der Waals surface area contributed by atoms with Crippen molar-refractivity contribution in [2.24, 2.45) is 0 Å². The van der Waals surface area contributed by atoms with Gasteiger partial charge in [0.1, 0.15) is 0 Å². The molecular formula is C6H13NS. The minimum atomic E-state index is 0.762. The largest absolute Gasteiger partial charge is 0.303 e. The molecule has 0 saturated carbocycles. The van der Waals surface area contributed by atoms with Crippen molar-refractivity contribution in [3.63, 3.8) is 0 Å². The maximum atomic E-state index is 4.23. The Kier molecular flexibility index (Phi) is 2.20. The monoisotopic (exact) mass is 131 g/mol. The van der Waals surface area contributed by atoms with Crippen LogP contribution < -0.4 is 0 Å². The Morgan fingerprint density at radius 1 is 1.75 bits per heavy atom. The fourth-order valence-corrected chi connectivity index (χ4v) is 1.67. The Hall–Kier alpha value is 0.310. The van der Waals surface area contributed by atoms with Crippen LogP contribution in [0.2, 0.25) is 0 Å². The van der Waals surface area contributed by atoms with E-state index in [4.69, 9.17) is 0 Å². The molecule has 0 aliphatic carbocycles. The summed E-state index contributed by atoms with van der Waals surface area (Å²) in [6.45, 7) is 1.27. The van der Waals surface area contributed by atoms with Gasteiger partial charge in [-0.15, -0.1) is 0 Å². The van der Waals surface area contributed by atoms with Crippen molar-refractivity contribution in [3.05, 3.63) is 0 Å². The molecule has 1 heterocycles. The number of rotatable bonds is 1. The Bertz CT molecular complexity index is 74.9. The summed E-state index contributed by atoms with van der Waals surface area (Å²) in [6, 6.07) is 0.762. The second-order valence-corrected chi connectivity index (χ2v) is 2.82. The molecule has 1 fully saturated rings. The zero-order chi connectivity index (χ0) is 5.98. The molecule has 1 nitrogen and oxygen atoms in total. The predicted octanol–water partition coefficient (Wildman–Crippen LogP) is 1.01. The van der Waals surface area contributed by atoms with Gasteiger partial charge in [-0.1, -0.05) is 0 Å². The molecule has 0 radical (unpaired) electrons. The third-order valence-electron chi connectivity index (χ3n) is 1.88. The van der Waals surface area contributed by atoms with E-state index in [1.165, 1.54) is 19.4 Å². The molecule has 0 aromatic carbocycles. The van der Waals surface area contributed by atoms with Gasteiger partial charge in [0.15, 0.2) is 0 Å². The third-order valence-corrected chi connectivity index (χ3v) is 2.30. The van der Waals surface area contributed by atoms with E-state index in [0.29, 0.717) is 0 Å². The third kappa shape index (κ3) is 1.17. The van der Waals surface area contributed by atoms with E-state index >= 15 is 0 Å². The van der Waals surface area contributed by atoms with Crippen LogP contribution in [-0.4, -0.2) is 30.3 Å². The summed E-state index contributed by atoms with van der Waals surface area (Å²) >= 11 is 4.23. The van der Waals surface area contributed by atoms with Crippen LogP contribution in [0, 0.1) is 0 Å². The molecular weight excluding hydrogens is 118 g/mol. The molecule has 48 valence electrons. The Morgan fingerprint density at radius 3 is 2.75 bits per heavy atom. The number of likely N-dealkylation sites (tertiary alicyclic amines) is 1. The summed E-state index contributed by atoms with van der Waals surface area (Å²) in [5.74, 6) is 1.02. The van der Waals surface area contributed by atoms with Gasteiger partial charge in [0.05, 0.1) is 0 Å². The number of nitrogens with zero attached hydrogens (tertiary/aromatic N) is 1. The Labute approximate surface area is 56.5 Å². The quantitative estimate of drug-likeness (QED) is 0.520. The van der Waals surface area contributed by atoms with Crippen LogP contribution in [0.4, 0.5) is 0 Å². The zero-order valence-electron chi connectivity index (χ0n) is 5.30. The summed E-state index contributed by atoms with van der Waals surface area (Å²) in [7, 11) is 2.17. The van der Waals surface area contributed by atoms with E-state index in [2.05, 4.69) is 24.6 Å². The van der Waals surface area contributed by atoms with Gasteiger partial charge in [0.25, 0.3) is 0 Å². The fraction of sp³-hybridized carbons (Fsp3) is 1.00. The standard InChI is InChI=1S/C6H13NS/c1-7-4-2-3-6(7)5-8/h6,8H,2-5H2,1H3/t6-/m1/s1. The minimum Gasteiger partial charge on any atom is -0.303 e. The maximum Gasteiger partial charge on any atom is 0.0181 e. The zero-order valence-corrected chi connectivity index (χ0v) is 6.19. The lowest BCUT2D eigenvalue weighted by Gasteiger charge is -2.15. The van der Waals surface area contributed by atoms with Crippen LogP contribution in [0.5, 0.6) is 0 Å². The molecule has 8 heavy (non-hydrogen) atoms. The van der Waals surface area contributed by atoms with Crippen molar-refractivity contribution in [1.82, 2.24) is 4.90 Å². The summed E-state index contributed by atoms with van der Waals surface area (Å²) in [5, 5.41) is 0. The van der Waals surface area contributed by atoms with Gasteiger partial charge < -0.3 is 4.90 Å². The average molecular weight is 131 g/mol. The van der Waals surface area contributed by atoms with Gasteiger partial charge in [-0.2, -0.15) is 12.6 Å². The van der Waals surface area contributed by atoms with Crippen LogP contribution >= 0.6 is 12.6 Å². The van der Waals surface area contributed by atoms with E-state index in [1.54, 1.807) is 0 Å². The first kappa shape index (κ1) is 6.43. The molecule has 0 bridgehead atoms. The van der Waals surface area contributed by atoms with Crippen molar-refractivity contribution in [2.75, 3.05) is 19.3 Å². The molecule has 1 saturated heterocycles. The first-order valence-corrected chi connectivity index (χ1v) is 3.79. The van der Waals surface area contributed by atoms with Gasteiger partial charge in [0.2, 0.25) is 0 Å². The lowest BCUT2D eigenvalue weighted by atomic mass is 10.2. The molecule has 1 aliphatic rings. The average Bonchev–Trinajstić information content (AvgIpc) is 2.14. The van der Waals surface area contributed by atoms with Crippen LogP contribution in [0.25, 0.3) is 0 Å². The number of hydrogen-bond donors (Lipinski definition) is 1. The molecule has 0 unspecified atom stereocenters. The highest BCUT2D eigenvalue weighted by Crippen LogP contribution is 2.14. The summed E-state index contributed by atoms with van der Waals surface area (Å²) in [5.41, 5.74) is 0. The lowest BCUT2D eigenvalue weighted by molar-refractivity contribution is 0.335. The van der Waals surface area contributed by atoms with Gasteiger partial charge in [-0.05, 0) is 26.4 Å². The van der Waals surface area contributed by atoms with Crippen LogP contribution in [0.3, 0.4) is 0 Å². The summed E-state index contributed by atoms with van der Waals surface area (Å²) < 4.78 is 0. The molecule has 0 aromatic heterocycles. The van der Waals surface area contributed by atoms with Gasteiger partial charge in [0, 0.05) is 11.8 Å². The van der Waals surface area contributed by atoms with E-state index in [-0.39, 0.29) is 0 Å². The van der Waals surface area contributed by atoms with Gasteiger partial charge in [-0.25, -0.2) is 0 Å². The van der Waals surface area contributed by atoms with E-state index in [1.807, 2.05) is 0 Å². The lowest BCUT2D eigenvalue weighted by Crippen LogP contribution is -2.25.